The molecule has 0 aromatic carbocycles. The first-order valence-electron chi connectivity index (χ1n) is 12.3. The minimum Gasteiger partial charge on any atom is -0.473 e. The fraction of sp³-hybridized carbons (Fsp3) is 0.440. The van der Waals surface area contributed by atoms with Crippen LogP contribution in [0.5, 0.6) is 5.88 Å². The van der Waals surface area contributed by atoms with Crippen LogP contribution in [0.25, 0.3) is 11.2 Å². The molecule has 0 spiro atoms. The number of fused-ring (bicyclic) bond motifs is 1. The summed E-state index contributed by atoms with van der Waals surface area (Å²) in [6, 6.07) is 2.18. The summed E-state index contributed by atoms with van der Waals surface area (Å²) in [4.78, 5) is 55.2. The fourth-order valence-corrected chi connectivity index (χ4v) is 3.50. The Hall–Kier alpha value is -4.14. The Morgan fingerprint density at radius 2 is 2.05 bits per heavy atom. The first-order chi connectivity index (χ1) is 18.6. The molecule has 2 atom stereocenters. The predicted octanol–water partition coefficient (Wildman–Crippen LogP) is 0.594. The van der Waals surface area contributed by atoms with E-state index in [1.165, 1.54) is 35.0 Å². The third-order valence-corrected chi connectivity index (χ3v) is 5.45. The van der Waals surface area contributed by atoms with Gasteiger partial charge < -0.3 is 34.3 Å². The van der Waals surface area contributed by atoms with E-state index in [0.29, 0.717) is 29.3 Å². The van der Waals surface area contributed by atoms with Crippen molar-refractivity contribution < 1.29 is 24.2 Å². The molecule has 0 radical (unpaired) electrons. The highest BCUT2D eigenvalue weighted by Gasteiger charge is 2.22. The Kier molecular flexibility index (Phi) is 10.3. The van der Waals surface area contributed by atoms with Crippen molar-refractivity contribution in [1.82, 2.24) is 34.7 Å². The maximum absolute atomic E-state index is 13.1. The van der Waals surface area contributed by atoms with Crippen LogP contribution in [0.3, 0.4) is 0 Å². The van der Waals surface area contributed by atoms with Crippen LogP contribution in [-0.4, -0.2) is 86.1 Å². The lowest BCUT2D eigenvalue weighted by Crippen LogP contribution is -2.47. The van der Waals surface area contributed by atoms with E-state index in [1.807, 2.05) is 13.8 Å². The number of aromatic amines is 1. The van der Waals surface area contributed by atoms with Crippen LogP contribution >= 0.6 is 0 Å². The van der Waals surface area contributed by atoms with Gasteiger partial charge in [-0.15, -0.1) is 0 Å². The Morgan fingerprint density at radius 3 is 2.74 bits per heavy atom. The summed E-state index contributed by atoms with van der Waals surface area (Å²) in [7, 11) is 4.54. The number of aliphatic hydroxyl groups excluding tert-OH is 1. The molecular weight excluding hydrogens is 508 g/mol. The molecule has 0 bridgehead atoms. The molecule has 0 fully saturated rings. The van der Waals surface area contributed by atoms with Crippen LogP contribution in [0.4, 0.5) is 5.69 Å². The Labute approximate surface area is 225 Å². The standard InChI is InChI=1S/C25H34N8O6/c1-15(2)39-23-20-21(26-14-27-23)31-18(30-20)13-33-12-8-10-17(24(33)36)28-22(35)16(29-25(37)38-5)9-6-7-11-19(34)32(3)4/h7-8,10-12,14-16,25,29,37H,6,9,13H2,1-5H3,(H,28,35)(H,26,27,30,31)/b11-7+/t16-,25?/m0/s1. The van der Waals surface area contributed by atoms with Crippen molar-refractivity contribution in [3.63, 3.8) is 0 Å². The summed E-state index contributed by atoms with van der Waals surface area (Å²) in [6.07, 6.45) is 5.05. The van der Waals surface area contributed by atoms with Gasteiger partial charge in [-0.2, -0.15) is 4.98 Å². The van der Waals surface area contributed by atoms with Crippen LogP contribution in [0.1, 0.15) is 32.5 Å². The summed E-state index contributed by atoms with van der Waals surface area (Å²) in [5.74, 6) is 0.0451. The second-order valence-corrected chi connectivity index (χ2v) is 9.09. The number of methoxy groups -OCH3 is 1. The van der Waals surface area contributed by atoms with Crippen molar-refractivity contribution in [1.29, 1.82) is 0 Å². The molecule has 14 heteroatoms. The maximum atomic E-state index is 13.1. The smallest absolute Gasteiger partial charge is 0.274 e. The van der Waals surface area contributed by atoms with E-state index in [0.717, 1.165) is 0 Å². The number of H-pyrrole nitrogens is 1. The van der Waals surface area contributed by atoms with Crippen molar-refractivity contribution in [3.05, 3.63) is 53.0 Å². The highest BCUT2D eigenvalue weighted by molar-refractivity contribution is 5.94. The van der Waals surface area contributed by atoms with Gasteiger partial charge in [-0.1, -0.05) is 6.08 Å². The van der Waals surface area contributed by atoms with Crippen molar-refractivity contribution in [3.8, 4) is 5.88 Å². The molecule has 1 unspecified atom stereocenters. The fourth-order valence-electron chi connectivity index (χ4n) is 3.50. The number of nitrogens with zero attached hydrogens (tertiary/aromatic N) is 5. The van der Waals surface area contributed by atoms with Crippen LogP contribution in [0, 0.1) is 0 Å². The van der Waals surface area contributed by atoms with Gasteiger partial charge in [0.1, 0.15) is 17.8 Å². The number of carbonyl (C=O) groups excluding carboxylic acids is 2. The number of aliphatic hydroxyl groups is 1. The monoisotopic (exact) mass is 542 g/mol. The largest absolute Gasteiger partial charge is 0.473 e. The quantitative estimate of drug-likeness (QED) is 0.177. The van der Waals surface area contributed by atoms with Gasteiger partial charge in [0.2, 0.25) is 24.1 Å². The Bertz CT molecular complexity index is 1370. The molecule has 0 aliphatic heterocycles. The summed E-state index contributed by atoms with van der Waals surface area (Å²) in [6.45, 7) is 3.83. The zero-order valence-electron chi connectivity index (χ0n) is 22.5. The third kappa shape index (κ3) is 8.17. The van der Waals surface area contributed by atoms with Gasteiger partial charge >= 0.3 is 0 Å². The number of hydrogen-bond donors (Lipinski definition) is 4. The molecule has 2 amide bonds. The van der Waals surface area contributed by atoms with E-state index in [2.05, 4.69) is 30.6 Å². The Balaban J connectivity index is 1.75. The molecule has 3 aromatic rings. The average molecular weight is 543 g/mol. The van der Waals surface area contributed by atoms with Gasteiger partial charge in [0.05, 0.1) is 18.7 Å². The van der Waals surface area contributed by atoms with Crippen LogP contribution in [0.2, 0.25) is 0 Å². The minimum absolute atomic E-state index is 0.0410. The number of allylic oxidation sites excluding steroid dienone is 1. The van der Waals surface area contributed by atoms with Crippen LogP contribution < -0.4 is 20.9 Å². The van der Waals surface area contributed by atoms with Crippen molar-refractivity contribution in [2.45, 2.75) is 51.8 Å². The number of amides is 2. The first-order valence-corrected chi connectivity index (χ1v) is 12.3. The molecule has 0 saturated carbocycles. The molecule has 3 heterocycles. The van der Waals surface area contributed by atoms with Crippen molar-refractivity contribution >= 4 is 28.7 Å². The minimum atomic E-state index is -1.40. The number of ether oxygens (including phenoxy) is 2. The van der Waals surface area contributed by atoms with Crippen molar-refractivity contribution in [2.75, 3.05) is 26.5 Å². The van der Waals surface area contributed by atoms with Gasteiger partial charge in [-0.3, -0.25) is 19.7 Å². The van der Waals surface area contributed by atoms with E-state index in [-0.39, 0.29) is 30.7 Å². The van der Waals surface area contributed by atoms with E-state index in [4.69, 9.17) is 9.47 Å². The van der Waals surface area contributed by atoms with E-state index in [9.17, 15) is 19.5 Å². The number of aromatic nitrogens is 5. The van der Waals surface area contributed by atoms with Crippen LogP contribution in [-0.2, 0) is 20.9 Å². The lowest BCUT2D eigenvalue weighted by Gasteiger charge is -2.20. The summed E-state index contributed by atoms with van der Waals surface area (Å²) >= 11 is 0. The molecule has 3 aromatic heterocycles. The normalized spacial score (nSPS) is 13.1. The number of hydrogen-bond acceptors (Lipinski definition) is 10. The number of imidazole rings is 1. The highest BCUT2D eigenvalue weighted by atomic mass is 16.6. The molecule has 3 rings (SSSR count). The summed E-state index contributed by atoms with van der Waals surface area (Å²) < 4.78 is 11.9. The number of likely N-dealkylation sites (N-methyl/N-ethyl adjacent to an activating group) is 1. The van der Waals surface area contributed by atoms with Gasteiger partial charge in [0.15, 0.2) is 11.2 Å². The summed E-state index contributed by atoms with van der Waals surface area (Å²) in [5, 5.41) is 15.1. The van der Waals surface area contributed by atoms with Crippen LogP contribution in [0.15, 0.2) is 41.6 Å². The maximum Gasteiger partial charge on any atom is 0.274 e. The predicted molar refractivity (Wildman–Crippen MR) is 143 cm³/mol. The van der Waals surface area contributed by atoms with Gasteiger partial charge in [0, 0.05) is 27.4 Å². The number of pyridine rings is 1. The molecule has 14 nitrogen and oxygen atoms in total. The second kappa shape index (κ2) is 13.6. The highest BCUT2D eigenvalue weighted by Crippen LogP contribution is 2.20. The number of rotatable bonds is 13. The number of nitrogens with one attached hydrogen (secondary N) is 3. The third-order valence-electron chi connectivity index (χ3n) is 5.45. The number of anilines is 1. The molecule has 0 saturated heterocycles. The SMILES string of the molecule is COC(O)N[C@@H](CC/C=C/C(=O)N(C)C)C(=O)Nc1cccn(Cc2nc3c(OC(C)C)ncnc3[nH]2)c1=O. The zero-order valence-corrected chi connectivity index (χ0v) is 22.5. The van der Waals surface area contributed by atoms with Crippen molar-refractivity contribution in [2.24, 2.45) is 0 Å². The molecular formula is C25H34N8O6. The zero-order chi connectivity index (χ0) is 28.5. The topological polar surface area (TPSA) is 177 Å². The first kappa shape index (κ1) is 29.4. The summed E-state index contributed by atoms with van der Waals surface area (Å²) in [5.41, 5.74) is 0.503. The lowest BCUT2D eigenvalue weighted by molar-refractivity contribution is -0.129. The molecule has 0 aliphatic carbocycles. The van der Waals surface area contributed by atoms with Gasteiger partial charge in [-0.25, -0.2) is 9.97 Å². The van der Waals surface area contributed by atoms with E-state index in [1.54, 1.807) is 32.4 Å². The molecule has 210 valence electrons. The van der Waals surface area contributed by atoms with E-state index >= 15 is 0 Å². The second-order valence-electron chi connectivity index (χ2n) is 9.09. The van der Waals surface area contributed by atoms with Gasteiger partial charge in [-0.05, 0) is 44.9 Å². The molecule has 39 heavy (non-hydrogen) atoms. The molecule has 4 N–H and O–H groups in total. The Morgan fingerprint density at radius 1 is 1.28 bits per heavy atom. The number of carbonyl (C=O) groups is 2. The molecule has 0 aliphatic rings. The lowest BCUT2D eigenvalue weighted by atomic mass is 10.1. The van der Waals surface area contributed by atoms with E-state index < -0.39 is 23.9 Å². The average Bonchev–Trinajstić information content (AvgIpc) is 3.31. The van der Waals surface area contributed by atoms with Gasteiger partial charge in [0.25, 0.3) is 5.56 Å².